The van der Waals surface area contributed by atoms with Gasteiger partial charge < -0.3 is 4.90 Å². The van der Waals surface area contributed by atoms with Gasteiger partial charge in [-0.05, 0) is 55.3 Å². The van der Waals surface area contributed by atoms with E-state index in [2.05, 4.69) is 103 Å². The highest BCUT2D eigenvalue weighted by Gasteiger charge is 2.24. The molecule has 1 saturated carbocycles. The van der Waals surface area contributed by atoms with Crippen LogP contribution in [0.1, 0.15) is 50.5 Å². The third kappa shape index (κ3) is 3.81. The van der Waals surface area contributed by atoms with E-state index in [-0.39, 0.29) is 0 Å². The Kier molecular flexibility index (Phi) is 5.45. The lowest BCUT2D eigenvalue weighted by Crippen LogP contribution is -2.33. The van der Waals surface area contributed by atoms with E-state index in [9.17, 15) is 0 Å². The van der Waals surface area contributed by atoms with Crippen LogP contribution < -0.4 is 4.90 Å². The molecule has 151 valence electrons. The van der Waals surface area contributed by atoms with Gasteiger partial charge in [0.2, 0.25) is 0 Å². The molecule has 2 aliphatic rings. The molecule has 3 aromatic rings. The predicted octanol–water partition coefficient (Wildman–Crippen LogP) is 8.11. The van der Waals surface area contributed by atoms with Crippen molar-refractivity contribution in [3.63, 3.8) is 0 Å². The Balaban J connectivity index is 1.53. The monoisotopic (exact) mass is 392 g/mol. The van der Waals surface area contributed by atoms with Crippen LogP contribution in [0.5, 0.6) is 0 Å². The SMILES string of the molecule is CC1=C[CH]C(c2ccc(N(c3cccc4ccccc34)C3CCCCC3)cc2)C=C1. The number of hydrogen-bond donors (Lipinski definition) is 0. The molecule has 0 aromatic heterocycles. The van der Waals surface area contributed by atoms with Crippen LogP contribution in [0.2, 0.25) is 0 Å². The molecule has 1 atom stereocenters. The van der Waals surface area contributed by atoms with Crippen molar-refractivity contribution < 1.29 is 0 Å². The highest BCUT2D eigenvalue weighted by atomic mass is 15.2. The molecule has 0 bridgehead atoms. The number of hydrogen-bond acceptors (Lipinski definition) is 1. The minimum atomic E-state index is 0.378. The van der Waals surface area contributed by atoms with Crippen LogP contribution >= 0.6 is 0 Å². The van der Waals surface area contributed by atoms with Crippen LogP contribution in [0.25, 0.3) is 10.8 Å². The second-order valence-corrected chi connectivity index (χ2v) is 8.74. The summed E-state index contributed by atoms with van der Waals surface area (Å²) in [4.78, 5) is 2.62. The summed E-state index contributed by atoms with van der Waals surface area (Å²) in [6.45, 7) is 2.15. The molecule has 1 nitrogen and oxygen atoms in total. The van der Waals surface area contributed by atoms with Crippen molar-refractivity contribution in [2.24, 2.45) is 0 Å². The lowest BCUT2D eigenvalue weighted by atomic mass is 9.89. The molecular weight excluding hydrogens is 362 g/mol. The van der Waals surface area contributed by atoms with Gasteiger partial charge in [-0.25, -0.2) is 0 Å². The van der Waals surface area contributed by atoms with E-state index in [1.54, 1.807) is 0 Å². The van der Waals surface area contributed by atoms with Crippen molar-refractivity contribution in [3.8, 4) is 0 Å². The highest BCUT2D eigenvalue weighted by molar-refractivity contribution is 5.96. The molecule has 1 unspecified atom stereocenters. The van der Waals surface area contributed by atoms with Gasteiger partial charge in [0.15, 0.2) is 0 Å². The third-order valence-corrected chi connectivity index (χ3v) is 6.66. The van der Waals surface area contributed by atoms with Gasteiger partial charge in [-0.1, -0.05) is 91.6 Å². The first-order chi connectivity index (χ1) is 14.8. The lowest BCUT2D eigenvalue weighted by molar-refractivity contribution is 0.436. The molecule has 2 aliphatic carbocycles. The second-order valence-electron chi connectivity index (χ2n) is 8.74. The Hall–Kier alpha value is -2.80. The van der Waals surface area contributed by atoms with E-state index < -0.39 is 0 Å². The molecule has 0 amide bonds. The zero-order chi connectivity index (χ0) is 20.3. The van der Waals surface area contributed by atoms with Crippen LogP contribution in [0, 0.1) is 6.42 Å². The number of allylic oxidation sites excluding steroid dienone is 4. The Morgan fingerprint density at radius 3 is 2.33 bits per heavy atom. The fourth-order valence-corrected chi connectivity index (χ4v) is 5.01. The summed E-state index contributed by atoms with van der Waals surface area (Å²) in [7, 11) is 0. The van der Waals surface area contributed by atoms with Gasteiger partial charge in [-0.15, -0.1) is 0 Å². The third-order valence-electron chi connectivity index (χ3n) is 6.66. The van der Waals surface area contributed by atoms with Gasteiger partial charge in [0.05, 0.1) is 0 Å². The summed E-state index contributed by atoms with van der Waals surface area (Å²) in [5.41, 5.74) is 5.34. The van der Waals surface area contributed by atoms with Gasteiger partial charge in [-0.2, -0.15) is 0 Å². The average Bonchev–Trinajstić information content (AvgIpc) is 2.81. The number of rotatable bonds is 4. The zero-order valence-corrected chi connectivity index (χ0v) is 17.8. The van der Waals surface area contributed by atoms with Gasteiger partial charge in [0.1, 0.15) is 0 Å². The summed E-state index contributed by atoms with van der Waals surface area (Å²) in [5.74, 6) is 0.378. The fourth-order valence-electron chi connectivity index (χ4n) is 5.01. The molecule has 0 heterocycles. The van der Waals surface area contributed by atoms with Crippen LogP contribution in [0.3, 0.4) is 0 Å². The quantitative estimate of drug-likeness (QED) is 0.433. The maximum Gasteiger partial charge on any atom is 0.0493 e. The first kappa shape index (κ1) is 19.2. The van der Waals surface area contributed by atoms with Crippen molar-refractivity contribution in [3.05, 3.63) is 103 Å². The Labute approximate surface area is 180 Å². The van der Waals surface area contributed by atoms with Crippen LogP contribution in [-0.4, -0.2) is 6.04 Å². The molecule has 0 N–H and O–H groups in total. The molecule has 30 heavy (non-hydrogen) atoms. The van der Waals surface area contributed by atoms with Crippen molar-refractivity contribution in [2.75, 3.05) is 4.90 Å². The normalized spacial score (nSPS) is 19.6. The van der Waals surface area contributed by atoms with E-state index in [0.717, 1.165) is 0 Å². The molecule has 1 fully saturated rings. The summed E-state index contributed by atoms with van der Waals surface area (Å²) >= 11 is 0. The smallest absolute Gasteiger partial charge is 0.0493 e. The van der Waals surface area contributed by atoms with E-state index in [4.69, 9.17) is 0 Å². The number of fused-ring (bicyclic) bond motifs is 1. The lowest BCUT2D eigenvalue weighted by Gasteiger charge is -2.37. The molecule has 0 spiro atoms. The van der Waals surface area contributed by atoms with Crippen LogP contribution in [-0.2, 0) is 0 Å². The minimum Gasteiger partial charge on any atom is -0.338 e. The topological polar surface area (TPSA) is 3.24 Å². The predicted molar refractivity (Wildman–Crippen MR) is 129 cm³/mol. The first-order valence-corrected chi connectivity index (χ1v) is 11.4. The fraction of sp³-hybridized carbons (Fsp3) is 0.276. The highest BCUT2D eigenvalue weighted by Crippen LogP contribution is 2.39. The standard InChI is InChI=1S/C29H30N/c1-22-14-16-23(17-15-22)24-18-20-27(21-19-24)30(26-10-3-2-4-11-26)29-13-7-9-25-8-5-6-12-28(25)29/h5-9,12-21,23,26H,2-4,10-11H2,1H3. The maximum atomic E-state index is 2.62. The van der Waals surface area contributed by atoms with E-state index >= 15 is 0 Å². The number of anilines is 2. The number of benzene rings is 3. The van der Waals surface area contributed by atoms with Gasteiger partial charge in [0.25, 0.3) is 0 Å². The summed E-state index contributed by atoms with van der Waals surface area (Å²) in [5, 5.41) is 2.66. The molecule has 3 aromatic carbocycles. The minimum absolute atomic E-state index is 0.378. The van der Waals surface area contributed by atoms with Gasteiger partial charge in [0, 0.05) is 28.7 Å². The molecule has 5 rings (SSSR count). The summed E-state index contributed by atoms with van der Waals surface area (Å²) < 4.78 is 0. The Morgan fingerprint density at radius 2 is 1.57 bits per heavy atom. The molecule has 0 saturated heterocycles. The Bertz CT molecular complexity index is 1060. The Morgan fingerprint density at radius 1 is 0.800 bits per heavy atom. The van der Waals surface area contributed by atoms with Crippen LogP contribution in [0.4, 0.5) is 11.4 Å². The van der Waals surface area contributed by atoms with E-state index in [0.29, 0.717) is 12.0 Å². The molecule has 1 heteroatoms. The molecule has 1 radical (unpaired) electrons. The maximum absolute atomic E-state index is 2.62. The van der Waals surface area contributed by atoms with Gasteiger partial charge in [-0.3, -0.25) is 0 Å². The van der Waals surface area contributed by atoms with Gasteiger partial charge >= 0.3 is 0 Å². The molecule has 0 aliphatic heterocycles. The zero-order valence-electron chi connectivity index (χ0n) is 17.8. The van der Waals surface area contributed by atoms with Crippen LogP contribution in [0.15, 0.2) is 90.5 Å². The van der Waals surface area contributed by atoms with Crippen molar-refractivity contribution in [1.29, 1.82) is 0 Å². The van der Waals surface area contributed by atoms with E-state index in [1.165, 1.54) is 65.4 Å². The van der Waals surface area contributed by atoms with Crippen molar-refractivity contribution in [1.82, 2.24) is 0 Å². The van der Waals surface area contributed by atoms with E-state index in [1.807, 2.05) is 0 Å². The second kappa shape index (κ2) is 8.52. The largest absolute Gasteiger partial charge is 0.338 e. The van der Waals surface area contributed by atoms with Crippen molar-refractivity contribution >= 4 is 22.1 Å². The first-order valence-electron chi connectivity index (χ1n) is 11.4. The summed E-state index contributed by atoms with van der Waals surface area (Å²) in [6, 6.07) is 25.4. The summed E-state index contributed by atoms with van der Waals surface area (Å²) in [6.07, 6.45) is 15.6. The molecular formula is C29H30N. The number of nitrogens with zero attached hydrogens (tertiary/aromatic N) is 1. The van der Waals surface area contributed by atoms with Crippen molar-refractivity contribution in [2.45, 2.75) is 51.0 Å². The average molecular weight is 393 g/mol.